The van der Waals surface area contributed by atoms with Gasteiger partial charge in [-0.05, 0) is 33.6 Å². The van der Waals surface area contributed by atoms with Gasteiger partial charge in [0.25, 0.3) is 0 Å². The molecule has 0 saturated carbocycles. The summed E-state index contributed by atoms with van der Waals surface area (Å²) < 4.78 is 6.00. The highest BCUT2D eigenvalue weighted by molar-refractivity contribution is 14.0. The van der Waals surface area contributed by atoms with E-state index in [1.807, 2.05) is 20.8 Å². The zero-order chi connectivity index (χ0) is 15.9. The Morgan fingerprint density at radius 1 is 1.22 bits per heavy atom. The second kappa shape index (κ2) is 7.13. The highest BCUT2D eigenvalue weighted by Crippen LogP contribution is 2.47. The molecular weight excluding hydrogens is 407 g/mol. The molecule has 23 heavy (non-hydrogen) atoms. The first-order chi connectivity index (χ1) is 10.4. The number of rotatable bonds is 2. The van der Waals surface area contributed by atoms with E-state index in [4.69, 9.17) is 4.74 Å². The van der Waals surface area contributed by atoms with Crippen LogP contribution in [0.1, 0.15) is 33.6 Å². The lowest BCUT2D eigenvalue weighted by Gasteiger charge is -2.25. The number of likely N-dealkylation sites (tertiary alicyclic amines) is 1. The number of hydrogen-bond acceptors (Lipinski definition) is 3. The van der Waals surface area contributed by atoms with Gasteiger partial charge in [0.2, 0.25) is 5.91 Å². The molecule has 3 rings (SSSR count). The fourth-order valence-corrected chi connectivity index (χ4v) is 4.09. The summed E-state index contributed by atoms with van der Waals surface area (Å²) in [4.78, 5) is 18.6. The van der Waals surface area contributed by atoms with Crippen molar-refractivity contribution in [3.63, 3.8) is 0 Å². The lowest BCUT2D eigenvalue weighted by Crippen LogP contribution is -2.49. The first-order valence-corrected chi connectivity index (χ1v) is 8.29. The van der Waals surface area contributed by atoms with Crippen LogP contribution in [0.25, 0.3) is 0 Å². The molecule has 2 bridgehead atoms. The molecule has 132 valence electrons. The maximum absolute atomic E-state index is 11.9. The summed E-state index contributed by atoms with van der Waals surface area (Å²) >= 11 is 0. The van der Waals surface area contributed by atoms with Gasteiger partial charge in [0.05, 0.1) is 18.8 Å². The molecule has 4 unspecified atom stereocenters. The Balaban J connectivity index is 0.00000192. The van der Waals surface area contributed by atoms with Gasteiger partial charge in [0.1, 0.15) is 0 Å². The van der Waals surface area contributed by atoms with Crippen LogP contribution in [0.5, 0.6) is 0 Å². The van der Waals surface area contributed by atoms with Gasteiger partial charge in [-0.3, -0.25) is 9.79 Å². The molecule has 3 saturated heterocycles. The summed E-state index contributed by atoms with van der Waals surface area (Å²) in [5, 5.41) is 6.15. The molecule has 0 spiro atoms. The zero-order valence-electron chi connectivity index (χ0n) is 14.5. The number of nitrogens with zero attached hydrogens (tertiary/aromatic N) is 2. The Morgan fingerprint density at radius 3 is 2.26 bits per heavy atom. The highest BCUT2D eigenvalue weighted by atomic mass is 127. The fraction of sp³-hybridized carbons (Fsp3) is 0.875. The van der Waals surface area contributed by atoms with Gasteiger partial charge in [-0.25, -0.2) is 0 Å². The van der Waals surface area contributed by atoms with Crippen LogP contribution in [-0.2, 0) is 9.53 Å². The molecule has 1 amide bonds. The van der Waals surface area contributed by atoms with Gasteiger partial charge >= 0.3 is 0 Å². The Kier molecular flexibility index (Phi) is 5.81. The van der Waals surface area contributed by atoms with E-state index < -0.39 is 0 Å². The third-order valence-electron chi connectivity index (χ3n) is 4.89. The average molecular weight is 436 g/mol. The first kappa shape index (κ1) is 18.8. The second-order valence-corrected chi connectivity index (χ2v) is 7.72. The topological polar surface area (TPSA) is 66.0 Å². The van der Waals surface area contributed by atoms with Crippen molar-refractivity contribution in [2.45, 2.75) is 51.4 Å². The van der Waals surface area contributed by atoms with E-state index in [0.29, 0.717) is 24.0 Å². The average Bonchev–Trinajstić information content (AvgIpc) is 3.09. The Labute approximate surface area is 155 Å². The molecule has 3 heterocycles. The minimum Gasteiger partial charge on any atom is -0.374 e. The van der Waals surface area contributed by atoms with E-state index in [1.54, 1.807) is 7.05 Å². The summed E-state index contributed by atoms with van der Waals surface area (Å²) in [6, 6.07) is 0. The quantitative estimate of drug-likeness (QED) is 0.388. The Bertz CT molecular complexity index is 459. The van der Waals surface area contributed by atoms with E-state index in [9.17, 15) is 4.79 Å². The minimum atomic E-state index is -0.205. The number of halogens is 1. The van der Waals surface area contributed by atoms with E-state index in [2.05, 4.69) is 20.5 Å². The molecule has 3 aliphatic heterocycles. The van der Waals surface area contributed by atoms with E-state index in [-0.39, 0.29) is 42.0 Å². The van der Waals surface area contributed by atoms with Gasteiger partial charge in [-0.2, -0.15) is 0 Å². The van der Waals surface area contributed by atoms with Gasteiger partial charge in [0, 0.05) is 37.5 Å². The largest absolute Gasteiger partial charge is 0.374 e. The van der Waals surface area contributed by atoms with Crippen LogP contribution < -0.4 is 10.6 Å². The van der Waals surface area contributed by atoms with Gasteiger partial charge in [0.15, 0.2) is 5.96 Å². The monoisotopic (exact) mass is 436 g/mol. The van der Waals surface area contributed by atoms with E-state index in [1.165, 1.54) is 12.8 Å². The zero-order valence-corrected chi connectivity index (χ0v) is 16.8. The molecule has 0 radical (unpaired) electrons. The number of hydrogen-bond donors (Lipinski definition) is 2. The Morgan fingerprint density at radius 2 is 1.78 bits per heavy atom. The van der Waals surface area contributed by atoms with Gasteiger partial charge < -0.3 is 20.3 Å². The van der Waals surface area contributed by atoms with Crippen LogP contribution in [0.2, 0.25) is 0 Å². The third-order valence-corrected chi connectivity index (χ3v) is 4.89. The molecule has 4 atom stereocenters. The number of carbonyl (C=O) groups excluding carboxylic acids is 1. The molecule has 3 aliphatic rings. The van der Waals surface area contributed by atoms with Crippen molar-refractivity contribution in [3.8, 4) is 0 Å². The summed E-state index contributed by atoms with van der Waals surface area (Å²) in [6.07, 6.45) is 3.31. The number of aliphatic imine (C=N–C) groups is 1. The molecule has 0 aromatic rings. The first-order valence-electron chi connectivity index (χ1n) is 8.29. The molecule has 3 fully saturated rings. The second-order valence-electron chi connectivity index (χ2n) is 7.72. The molecule has 2 N–H and O–H groups in total. The standard InChI is InChI=1S/C16H28N4O2.HI/c1-16(2,3)19-14(21)7-18-15(17-4)20-8-10-11(9-20)13-6-5-12(10)22-13;/h10-13H,5-9H2,1-4H3,(H,17,18)(H,19,21);1H. The number of ether oxygens (including phenoxy) is 1. The number of fused-ring (bicyclic) bond motifs is 5. The molecule has 0 aromatic heterocycles. The number of guanidine groups is 1. The molecule has 7 heteroatoms. The normalized spacial score (nSPS) is 32.5. The number of nitrogens with one attached hydrogen (secondary N) is 2. The predicted molar refractivity (Wildman–Crippen MR) is 101 cm³/mol. The van der Waals surface area contributed by atoms with Crippen molar-refractivity contribution in [2.24, 2.45) is 16.8 Å². The van der Waals surface area contributed by atoms with E-state index >= 15 is 0 Å². The van der Waals surface area contributed by atoms with Crippen LogP contribution in [0.3, 0.4) is 0 Å². The number of carbonyl (C=O) groups is 1. The van der Waals surface area contributed by atoms with Crippen molar-refractivity contribution >= 4 is 35.8 Å². The predicted octanol–water partition coefficient (Wildman–Crippen LogP) is 1.20. The van der Waals surface area contributed by atoms with Crippen molar-refractivity contribution in [1.82, 2.24) is 15.5 Å². The maximum atomic E-state index is 11.9. The van der Waals surface area contributed by atoms with Crippen molar-refractivity contribution < 1.29 is 9.53 Å². The van der Waals surface area contributed by atoms with Gasteiger partial charge in [-0.15, -0.1) is 24.0 Å². The highest BCUT2D eigenvalue weighted by Gasteiger charge is 2.53. The van der Waals surface area contributed by atoms with Crippen molar-refractivity contribution in [2.75, 3.05) is 26.7 Å². The Hall–Kier alpha value is -0.570. The van der Waals surface area contributed by atoms with Crippen LogP contribution in [0.15, 0.2) is 4.99 Å². The smallest absolute Gasteiger partial charge is 0.239 e. The minimum absolute atomic E-state index is 0. The lowest BCUT2D eigenvalue weighted by molar-refractivity contribution is -0.121. The SMILES string of the molecule is CN=C(NCC(=O)NC(C)(C)C)N1CC2C3CCC(O3)C2C1.I. The summed E-state index contributed by atoms with van der Waals surface area (Å²) in [5.41, 5.74) is -0.205. The van der Waals surface area contributed by atoms with Crippen LogP contribution in [0.4, 0.5) is 0 Å². The summed E-state index contributed by atoms with van der Waals surface area (Å²) in [5.74, 6) is 2.11. The number of amides is 1. The van der Waals surface area contributed by atoms with Crippen LogP contribution in [-0.4, -0.2) is 61.2 Å². The third kappa shape index (κ3) is 4.10. The fourth-order valence-electron chi connectivity index (χ4n) is 4.09. The lowest BCUT2D eigenvalue weighted by atomic mass is 9.82. The summed E-state index contributed by atoms with van der Waals surface area (Å²) in [6.45, 7) is 8.20. The van der Waals surface area contributed by atoms with Crippen LogP contribution in [0, 0.1) is 11.8 Å². The van der Waals surface area contributed by atoms with E-state index in [0.717, 1.165) is 19.0 Å². The maximum Gasteiger partial charge on any atom is 0.239 e. The summed E-state index contributed by atoms with van der Waals surface area (Å²) in [7, 11) is 1.78. The molecule has 0 aromatic carbocycles. The molecular formula is C16H29IN4O2. The van der Waals surface area contributed by atoms with Crippen LogP contribution >= 0.6 is 24.0 Å². The molecule has 6 nitrogen and oxygen atoms in total. The van der Waals surface area contributed by atoms with Crippen molar-refractivity contribution in [3.05, 3.63) is 0 Å². The van der Waals surface area contributed by atoms with Crippen molar-refractivity contribution in [1.29, 1.82) is 0 Å². The molecule has 0 aliphatic carbocycles. The van der Waals surface area contributed by atoms with Gasteiger partial charge in [-0.1, -0.05) is 0 Å².